The SMILES string of the molecule is CNCC(c1ccccc1)c1cccnc1.Cc1ccn[nH]1.Cc1nn(C(c2ccccc2)(c2ccccc2)c2ccccc2)cc1-c1ccc(/C(=C\NCc2ccccc2)C2C=CC(Cl)=CC2)cn1. The van der Waals surface area contributed by atoms with Crippen LogP contribution in [0, 0.1) is 19.8 Å². The molecule has 0 bridgehead atoms. The highest BCUT2D eigenvalue weighted by Gasteiger charge is 2.39. The Labute approximate surface area is 417 Å². The van der Waals surface area contributed by atoms with Crippen molar-refractivity contribution in [1.82, 2.24) is 40.6 Å². The lowest BCUT2D eigenvalue weighted by Gasteiger charge is -2.36. The summed E-state index contributed by atoms with van der Waals surface area (Å²) in [6, 6.07) is 63.1. The van der Waals surface area contributed by atoms with E-state index in [1.807, 2.05) is 62.9 Å². The normalized spacial score (nSPS) is 13.7. The average Bonchev–Trinajstić information content (AvgIpc) is 4.08. The topological polar surface area (TPSA) is 96.3 Å². The fraction of sp³-hybridized carbons (Fsp3) is 0.148. The van der Waals surface area contributed by atoms with E-state index >= 15 is 0 Å². The second-order valence-electron chi connectivity index (χ2n) is 17.1. The minimum Gasteiger partial charge on any atom is -0.387 e. The second kappa shape index (κ2) is 24.4. The van der Waals surface area contributed by atoms with E-state index < -0.39 is 5.54 Å². The van der Waals surface area contributed by atoms with Crippen LogP contribution in [0.5, 0.6) is 0 Å². The first-order valence-electron chi connectivity index (χ1n) is 23.7. The Morgan fingerprint density at radius 3 is 1.84 bits per heavy atom. The molecule has 70 heavy (non-hydrogen) atoms. The van der Waals surface area contributed by atoms with Gasteiger partial charge in [-0.25, -0.2) is 0 Å². The first-order chi connectivity index (χ1) is 34.4. The number of hydrogen-bond donors (Lipinski definition) is 3. The number of allylic oxidation sites excluding steroid dienone is 5. The molecule has 0 saturated heterocycles. The van der Waals surface area contributed by atoms with Crippen LogP contribution in [0.25, 0.3) is 16.8 Å². The van der Waals surface area contributed by atoms with Gasteiger partial charge in [0.15, 0.2) is 0 Å². The molecule has 1 aliphatic carbocycles. The van der Waals surface area contributed by atoms with Gasteiger partial charge in [0.1, 0.15) is 5.54 Å². The van der Waals surface area contributed by atoms with Crippen LogP contribution >= 0.6 is 11.6 Å². The van der Waals surface area contributed by atoms with Crippen LogP contribution in [-0.4, -0.2) is 43.5 Å². The zero-order chi connectivity index (χ0) is 48.4. The van der Waals surface area contributed by atoms with Crippen LogP contribution in [0.1, 0.15) is 62.7 Å². The Morgan fingerprint density at radius 1 is 0.729 bits per heavy atom. The number of aryl methyl sites for hydroxylation is 2. The lowest BCUT2D eigenvalue weighted by atomic mass is 9.77. The average molecular weight is 940 g/mol. The molecule has 0 spiro atoms. The molecule has 4 aromatic heterocycles. The van der Waals surface area contributed by atoms with Crippen molar-refractivity contribution in [3.8, 4) is 11.3 Å². The summed E-state index contributed by atoms with van der Waals surface area (Å²) in [6.45, 7) is 5.70. The molecule has 0 saturated carbocycles. The molecule has 2 atom stereocenters. The van der Waals surface area contributed by atoms with Gasteiger partial charge in [-0.2, -0.15) is 10.2 Å². The number of nitrogens with one attached hydrogen (secondary N) is 3. The van der Waals surface area contributed by atoms with Crippen molar-refractivity contribution in [2.45, 2.75) is 38.3 Å². The minimum absolute atomic E-state index is 0.191. The Morgan fingerprint density at radius 2 is 1.34 bits per heavy atom. The van der Waals surface area contributed by atoms with Crippen molar-refractivity contribution >= 4 is 17.2 Å². The number of H-pyrrole nitrogens is 1. The maximum Gasteiger partial charge on any atom is 0.138 e. The molecule has 0 amide bonds. The number of aromatic nitrogens is 6. The number of pyridine rings is 2. The number of rotatable bonds is 14. The van der Waals surface area contributed by atoms with Crippen molar-refractivity contribution in [1.29, 1.82) is 0 Å². The van der Waals surface area contributed by atoms with E-state index in [0.29, 0.717) is 5.92 Å². The van der Waals surface area contributed by atoms with E-state index in [1.165, 1.54) is 22.3 Å². The fourth-order valence-corrected chi connectivity index (χ4v) is 9.03. The summed E-state index contributed by atoms with van der Waals surface area (Å²) in [6.07, 6.45) is 18.8. The molecule has 4 heterocycles. The number of benzene rings is 5. The van der Waals surface area contributed by atoms with Gasteiger partial charge in [-0.1, -0.05) is 188 Å². The molecular formula is C61H59ClN8. The molecular weight excluding hydrogens is 880 g/mol. The third kappa shape index (κ3) is 12.0. The summed E-state index contributed by atoms with van der Waals surface area (Å²) in [7, 11) is 1.98. The van der Waals surface area contributed by atoms with Crippen LogP contribution in [0.15, 0.2) is 242 Å². The maximum atomic E-state index is 6.29. The minimum atomic E-state index is -0.685. The van der Waals surface area contributed by atoms with Crippen molar-refractivity contribution < 1.29 is 0 Å². The number of likely N-dealkylation sites (N-methyl/N-ethyl adjacent to an activating group) is 1. The van der Waals surface area contributed by atoms with Gasteiger partial charge in [-0.15, -0.1) is 0 Å². The zero-order valence-corrected chi connectivity index (χ0v) is 40.7. The smallest absolute Gasteiger partial charge is 0.138 e. The maximum absolute atomic E-state index is 6.29. The first-order valence-corrected chi connectivity index (χ1v) is 24.1. The molecule has 10 rings (SSSR count). The van der Waals surface area contributed by atoms with Crippen molar-refractivity contribution in [3.05, 3.63) is 293 Å². The predicted molar refractivity (Wildman–Crippen MR) is 287 cm³/mol. The van der Waals surface area contributed by atoms with Gasteiger partial charge in [0, 0.05) is 78.4 Å². The molecule has 0 aliphatic heterocycles. The van der Waals surface area contributed by atoms with E-state index in [-0.39, 0.29) is 5.92 Å². The number of hydrogen-bond acceptors (Lipinski definition) is 6. The molecule has 1 aliphatic rings. The lowest BCUT2D eigenvalue weighted by molar-refractivity contribution is 0.458. The summed E-state index contributed by atoms with van der Waals surface area (Å²) in [5, 5.41) is 19.2. The quantitative estimate of drug-likeness (QED) is 0.0940. The highest BCUT2D eigenvalue weighted by molar-refractivity contribution is 6.31. The van der Waals surface area contributed by atoms with Crippen molar-refractivity contribution in [2.24, 2.45) is 5.92 Å². The van der Waals surface area contributed by atoms with E-state index in [2.05, 4.69) is 220 Å². The van der Waals surface area contributed by atoms with Crippen LogP contribution in [0.4, 0.5) is 0 Å². The number of aromatic amines is 1. The van der Waals surface area contributed by atoms with Gasteiger partial charge in [-0.05, 0) is 96.1 Å². The van der Waals surface area contributed by atoms with Gasteiger partial charge in [0.2, 0.25) is 0 Å². The van der Waals surface area contributed by atoms with Gasteiger partial charge in [0.25, 0.3) is 0 Å². The van der Waals surface area contributed by atoms with Crippen LogP contribution < -0.4 is 10.6 Å². The largest absolute Gasteiger partial charge is 0.387 e. The summed E-state index contributed by atoms with van der Waals surface area (Å²) in [5.74, 6) is 0.566. The Kier molecular flexibility index (Phi) is 16.9. The molecule has 350 valence electrons. The molecule has 9 heteroatoms. The zero-order valence-electron chi connectivity index (χ0n) is 39.9. The van der Waals surface area contributed by atoms with Crippen molar-refractivity contribution in [3.63, 3.8) is 0 Å². The van der Waals surface area contributed by atoms with E-state index in [0.717, 1.165) is 69.4 Å². The lowest BCUT2D eigenvalue weighted by Crippen LogP contribution is -2.38. The monoisotopic (exact) mass is 938 g/mol. The molecule has 0 fully saturated rings. The second-order valence-corrected chi connectivity index (χ2v) is 17.6. The molecule has 8 nitrogen and oxygen atoms in total. The highest BCUT2D eigenvalue weighted by atomic mass is 35.5. The van der Waals surface area contributed by atoms with Crippen LogP contribution in [-0.2, 0) is 12.1 Å². The predicted octanol–water partition coefficient (Wildman–Crippen LogP) is 13.1. The molecule has 2 unspecified atom stereocenters. The van der Waals surface area contributed by atoms with Gasteiger partial charge >= 0.3 is 0 Å². The fourth-order valence-electron chi connectivity index (χ4n) is 8.87. The molecule has 3 N–H and O–H groups in total. The summed E-state index contributed by atoms with van der Waals surface area (Å²) >= 11 is 6.29. The summed E-state index contributed by atoms with van der Waals surface area (Å²) < 4.78 is 2.12. The van der Waals surface area contributed by atoms with E-state index in [4.69, 9.17) is 21.7 Å². The number of halogens is 1. The van der Waals surface area contributed by atoms with Crippen LogP contribution in [0.3, 0.4) is 0 Å². The highest BCUT2D eigenvalue weighted by Crippen LogP contribution is 2.42. The molecule has 5 aromatic carbocycles. The third-order valence-electron chi connectivity index (χ3n) is 12.4. The summed E-state index contributed by atoms with van der Waals surface area (Å²) in [5.41, 5.74) is 12.6. The standard InChI is InChI=1S/C43H37ClN4.C14H16N2.C4H6N2/c1-32-41(31-48(47-32)43(36-16-8-3-9-17-36,37-18-10-4-11-19-37)38-20-12-5-13-21-38)42-27-24-35(29-46-42)40(34-22-25-39(44)26-23-34)30-45-28-33-14-6-2-7-15-33;1-15-11-14(12-6-3-2-4-7-12)13-8-5-9-16-10-13;1-4-2-3-5-6-4/h2-22,24-27,29-31,34,45H,23,28H2,1H3;2-10,14-15H,11H2,1H3;2-3H,1H3,(H,5,6)/b40-30-;;. The Bertz CT molecular complexity index is 2890. The van der Waals surface area contributed by atoms with E-state index in [1.54, 1.807) is 6.20 Å². The van der Waals surface area contributed by atoms with Gasteiger partial charge < -0.3 is 10.6 Å². The molecule has 9 aromatic rings. The van der Waals surface area contributed by atoms with Gasteiger partial charge in [-0.3, -0.25) is 19.7 Å². The van der Waals surface area contributed by atoms with Gasteiger partial charge in [0.05, 0.1) is 11.4 Å². The first kappa shape index (κ1) is 48.5. The van der Waals surface area contributed by atoms with E-state index in [9.17, 15) is 0 Å². The van der Waals surface area contributed by atoms with Crippen LogP contribution in [0.2, 0.25) is 0 Å². The van der Waals surface area contributed by atoms with Crippen molar-refractivity contribution in [2.75, 3.05) is 13.6 Å². The Hall–Kier alpha value is -7.91. The molecule has 0 radical (unpaired) electrons. The summed E-state index contributed by atoms with van der Waals surface area (Å²) in [4.78, 5) is 9.22. The number of nitrogens with zero attached hydrogens (tertiary/aromatic N) is 5. The Balaban J connectivity index is 0.000000245. The third-order valence-corrected chi connectivity index (χ3v) is 12.7.